The van der Waals surface area contributed by atoms with Gasteiger partial charge in [0.1, 0.15) is 11.3 Å². The average Bonchev–Trinajstić information content (AvgIpc) is 3.23. The summed E-state index contributed by atoms with van der Waals surface area (Å²) in [6, 6.07) is 5.73. The number of ether oxygens (including phenoxy) is 1. The van der Waals surface area contributed by atoms with Crippen molar-refractivity contribution in [1.82, 2.24) is 4.90 Å². The van der Waals surface area contributed by atoms with Crippen LogP contribution in [0, 0.1) is 0 Å². The number of hydrogen-bond acceptors (Lipinski definition) is 3. The first-order valence-corrected chi connectivity index (χ1v) is 6.92. The number of benzene rings is 1. The van der Waals surface area contributed by atoms with Crippen molar-refractivity contribution < 1.29 is 9.53 Å². The van der Waals surface area contributed by atoms with Crippen LogP contribution >= 0.6 is 0 Å². The molecule has 19 heavy (non-hydrogen) atoms. The van der Waals surface area contributed by atoms with Crippen molar-refractivity contribution >= 4 is 11.6 Å². The van der Waals surface area contributed by atoms with Crippen LogP contribution in [-0.2, 0) is 0 Å². The van der Waals surface area contributed by atoms with Crippen LogP contribution in [0.5, 0.6) is 5.75 Å². The molecule has 1 aliphatic carbocycles. The average molecular weight is 262 g/mol. The van der Waals surface area contributed by atoms with E-state index in [0.717, 1.165) is 32.2 Å². The topological polar surface area (TPSA) is 55.6 Å². The molecule has 4 nitrogen and oxygen atoms in total. The van der Waals surface area contributed by atoms with Crippen LogP contribution in [0.2, 0.25) is 0 Å². The SMILES string of the molecule is CCCCN(C(=O)c1c(N)cccc1OC)C1CC1. The second-order valence-electron chi connectivity index (χ2n) is 5.01. The minimum atomic E-state index is 0.00546. The molecule has 4 heteroatoms. The molecule has 0 radical (unpaired) electrons. The van der Waals surface area contributed by atoms with E-state index in [0.29, 0.717) is 23.0 Å². The lowest BCUT2D eigenvalue weighted by atomic mass is 10.1. The molecule has 0 aliphatic heterocycles. The molecule has 0 bridgehead atoms. The highest BCUT2D eigenvalue weighted by Gasteiger charge is 2.34. The number of nitrogen functional groups attached to an aromatic ring is 1. The lowest BCUT2D eigenvalue weighted by molar-refractivity contribution is 0.0738. The minimum Gasteiger partial charge on any atom is -0.496 e. The maximum Gasteiger partial charge on any atom is 0.259 e. The highest BCUT2D eigenvalue weighted by Crippen LogP contribution is 2.32. The lowest BCUT2D eigenvalue weighted by Crippen LogP contribution is -2.34. The zero-order valence-electron chi connectivity index (χ0n) is 11.7. The maximum atomic E-state index is 12.7. The molecule has 1 saturated carbocycles. The number of hydrogen-bond donors (Lipinski definition) is 1. The van der Waals surface area contributed by atoms with E-state index in [1.54, 1.807) is 25.3 Å². The number of carbonyl (C=O) groups is 1. The van der Waals surface area contributed by atoms with Crippen LogP contribution in [0.4, 0.5) is 5.69 Å². The summed E-state index contributed by atoms with van der Waals surface area (Å²) in [4.78, 5) is 14.7. The Hall–Kier alpha value is -1.71. The summed E-state index contributed by atoms with van der Waals surface area (Å²) in [7, 11) is 1.57. The number of nitrogens with zero attached hydrogens (tertiary/aromatic N) is 1. The highest BCUT2D eigenvalue weighted by molar-refractivity contribution is 6.02. The summed E-state index contributed by atoms with van der Waals surface area (Å²) in [5.74, 6) is 0.568. The van der Waals surface area contributed by atoms with E-state index in [9.17, 15) is 4.79 Å². The van der Waals surface area contributed by atoms with E-state index < -0.39 is 0 Å². The standard InChI is InChI=1S/C15H22N2O2/c1-3-4-10-17(11-8-9-11)15(18)14-12(16)6-5-7-13(14)19-2/h5-7,11H,3-4,8-10,16H2,1-2H3. The van der Waals surface area contributed by atoms with Crippen molar-refractivity contribution in [2.24, 2.45) is 0 Å². The van der Waals surface area contributed by atoms with Gasteiger partial charge in [0.25, 0.3) is 5.91 Å². The maximum absolute atomic E-state index is 12.7. The number of amides is 1. The van der Waals surface area contributed by atoms with Gasteiger partial charge in [-0.3, -0.25) is 4.79 Å². The molecule has 0 saturated heterocycles. The molecule has 0 atom stereocenters. The molecule has 2 rings (SSSR count). The minimum absolute atomic E-state index is 0.00546. The largest absolute Gasteiger partial charge is 0.496 e. The molecular weight excluding hydrogens is 240 g/mol. The van der Waals surface area contributed by atoms with Gasteiger partial charge in [-0.2, -0.15) is 0 Å². The van der Waals surface area contributed by atoms with Crippen LogP contribution in [0.25, 0.3) is 0 Å². The molecule has 1 aliphatic rings. The van der Waals surface area contributed by atoms with Crippen LogP contribution in [-0.4, -0.2) is 30.5 Å². The number of anilines is 1. The van der Waals surface area contributed by atoms with Crippen LogP contribution in [0.3, 0.4) is 0 Å². The molecule has 1 aromatic rings. The van der Waals surface area contributed by atoms with Gasteiger partial charge in [-0.1, -0.05) is 19.4 Å². The van der Waals surface area contributed by atoms with Gasteiger partial charge in [0, 0.05) is 18.3 Å². The third-order valence-electron chi connectivity index (χ3n) is 3.49. The molecule has 1 aromatic carbocycles. The quantitative estimate of drug-likeness (QED) is 0.802. The number of carbonyl (C=O) groups excluding carboxylic acids is 1. The van der Waals surface area contributed by atoms with Crippen molar-refractivity contribution in [3.05, 3.63) is 23.8 Å². The van der Waals surface area contributed by atoms with E-state index in [1.165, 1.54) is 0 Å². The summed E-state index contributed by atoms with van der Waals surface area (Å²) in [6.45, 7) is 2.94. The van der Waals surface area contributed by atoms with Crippen LogP contribution in [0.1, 0.15) is 43.0 Å². The summed E-state index contributed by atoms with van der Waals surface area (Å²) in [5.41, 5.74) is 6.96. The number of nitrogens with two attached hydrogens (primary N) is 1. The normalized spacial score (nSPS) is 14.2. The first-order chi connectivity index (χ1) is 9.19. The second kappa shape index (κ2) is 5.95. The molecule has 2 N–H and O–H groups in total. The zero-order chi connectivity index (χ0) is 13.8. The molecule has 0 heterocycles. The Morgan fingerprint density at radius 2 is 2.21 bits per heavy atom. The van der Waals surface area contributed by atoms with Crippen LogP contribution in [0.15, 0.2) is 18.2 Å². The van der Waals surface area contributed by atoms with Crippen molar-refractivity contribution in [2.45, 2.75) is 38.6 Å². The van der Waals surface area contributed by atoms with Gasteiger partial charge in [0.15, 0.2) is 0 Å². The Bertz CT molecular complexity index is 455. The molecule has 0 aromatic heterocycles. The molecule has 1 fully saturated rings. The lowest BCUT2D eigenvalue weighted by Gasteiger charge is -2.24. The van der Waals surface area contributed by atoms with Crippen molar-refractivity contribution in [1.29, 1.82) is 0 Å². The Labute approximate surface area is 114 Å². The fourth-order valence-electron chi connectivity index (χ4n) is 2.26. The van der Waals surface area contributed by atoms with Crippen molar-refractivity contribution in [2.75, 3.05) is 19.4 Å². The molecular formula is C15H22N2O2. The van der Waals surface area contributed by atoms with E-state index in [1.807, 2.05) is 4.90 Å². The fourth-order valence-corrected chi connectivity index (χ4v) is 2.26. The van der Waals surface area contributed by atoms with E-state index in [2.05, 4.69) is 6.92 Å². The third kappa shape index (κ3) is 3.00. The summed E-state index contributed by atoms with van der Waals surface area (Å²) in [5, 5.41) is 0. The Kier molecular flexibility index (Phi) is 4.30. The van der Waals surface area contributed by atoms with Gasteiger partial charge in [0.2, 0.25) is 0 Å². The van der Waals surface area contributed by atoms with E-state index >= 15 is 0 Å². The van der Waals surface area contributed by atoms with Gasteiger partial charge in [-0.25, -0.2) is 0 Å². The first kappa shape index (κ1) is 13.7. The van der Waals surface area contributed by atoms with Crippen LogP contribution < -0.4 is 10.5 Å². The van der Waals surface area contributed by atoms with E-state index in [-0.39, 0.29) is 5.91 Å². The van der Waals surface area contributed by atoms with Crippen molar-refractivity contribution in [3.8, 4) is 5.75 Å². The zero-order valence-corrected chi connectivity index (χ0v) is 11.7. The predicted molar refractivity (Wildman–Crippen MR) is 76.4 cm³/mol. The van der Waals surface area contributed by atoms with E-state index in [4.69, 9.17) is 10.5 Å². The predicted octanol–water partition coefficient (Wildman–Crippen LogP) is 2.68. The highest BCUT2D eigenvalue weighted by atomic mass is 16.5. The first-order valence-electron chi connectivity index (χ1n) is 6.92. The monoisotopic (exact) mass is 262 g/mol. The number of unbranched alkanes of at least 4 members (excludes halogenated alkanes) is 1. The molecule has 0 unspecified atom stereocenters. The van der Waals surface area contributed by atoms with Gasteiger partial charge in [0.05, 0.1) is 7.11 Å². The summed E-state index contributed by atoms with van der Waals surface area (Å²) < 4.78 is 5.27. The third-order valence-corrected chi connectivity index (χ3v) is 3.49. The van der Waals surface area contributed by atoms with Gasteiger partial charge in [-0.05, 0) is 31.4 Å². The van der Waals surface area contributed by atoms with Gasteiger partial charge < -0.3 is 15.4 Å². The number of methoxy groups -OCH3 is 1. The van der Waals surface area contributed by atoms with Gasteiger partial charge >= 0.3 is 0 Å². The smallest absolute Gasteiger partial charge is 0.259 e. The summed E-state index contributed by atoms with van der Waals surface area (Å²) in [6.07, 6.45) is 4.31. The molecule has 1 amide bonds. The van der Waals surface area contributed by atoms with Crippen molar-refractivity contribution in [3.63, 3.8) is 0 Å². The Morgan fingerprint density at radius 3 is 2.79 bits per heavy atom. The molecule has 0 spiro atoms. The van der Waals surface area contributed by atoms with Gasteiger partial charge in [-0.15, -0.1) is 0 Å². The summed E-state index contributed by atoms with van der Waals surface area (Å²) >= 11 is 0. The molecule has 104 valence electrons. The fraction of sp³-hybridized carbons (Fsp3) is 0.533. The second-order valence-corrected chi connectivity index (χ2v) is 5.01. The number of rotatable bonds is 6. The Balaban J connectivity index is 2.25. The Morgan fingerprint density at radius 1 is 1.47 bits per heavy atom.